The van der Waals surface area contributed by atoms with E-state index in [1.807, 2.05) is 19.9 Å². The van der Waals surface area contributed by atoms with Gasteiger partial charge in [0.05, 0.1) is 30.5 Å². The standard InChI is InChI=1S/C32H52O7/c1-19-13-20(2)15-29-28(39-29)12-10-8-9-11-21(3)32(37)38-25(7)16-24(6)30(35)31(36)27(34)18-26(33)17-23(5)22(4)14-19/h11,14,20,23-26,28-31,33,35-36H,1,8-10,12-13,15-18H2,2-7H3/b21-11-,22-14-/t20-,23+,24+,25+,26+,28-,29+,30-,31-/m1/s1. The molecule has 9 atom stereocenters. The number of Topliss-reactive ketones (excluding diaryl/α,β-unsaturated/α-hetero) is 1. The molecule has 2 heterocycles. The molecule has 1 fully saturated rings. The Morgan fingerprint density at radius 1 is 0.923 bits per heavy atom. The molecule has 0 aromatic rings. The maximum absolute atomic E-state index is 12.6. The van der Waals surface area contributed by atoms with Crippen LogP contribution in [0.25, 0.3) is 0 Å². The first kappa shape index (κ1) is 33.4. The molecule has 2 rings (SSSR count). The summed E-state index contributed by atoms with van der Waals surface area (Å²) in [5.41, 5.74) is 2.68. The topological polar surface area (TPSA) is 117 Å². The van der Waals surface area contributed by atoms with E-state index >= 15 is 0 Å². The predicted octanol–water partition coefficient (Wildman–Crippen LogP) is 5.22. The average molecular weight is 549 g/mol. The van der Waals surface area contributed by atoms with Gasteiger partial charge in [-0.15, -0.1) is 0 Å². The SMILES string of the molecule is C=C1/C=C(/C)[C@@H](C)C[C@H](O)CC(=O)[C@@H](O)[C@H](O)[C@@H](C)C[C@H](C)OC(=O)/C(C)=C\CCCC[C@H]2O[C@H]2C[C@H](C)C1. The third-order valence-electron chi connectivity index (χ3n) is 8.17. The lowest BCUT2D eigenvalue weighted by Crippen LogP contribution is -2.40. The third-order valence-corrected chi connectivity index (χ3v) is 8.17. The van der Waals surface area contributed by atoms with Crippen molar-refractivity contribution in [3.05, 3.63) is 35.5 Å². The van der Waals surface area contributed by atoms with Crippen molar-refractivity contribution in [3.63, 3.8) is 0 Å². The Morgan fingerprint density at radius 2 is 1.62 bits per heavy atom. The van der Waals surface area contributed by atoms with Gasteiger partial charge in [-0.05, 0) is 83.5 Å². The summed E-state index contributed by atoms with van der Waals surface area (Å²) >= 11 is 0. The van der Waals surface area contributed by atoms with E-state index in [2.05, 4.69) is 19.6 Å². The van der Waals surface area contributed by atoms with Gasteiger partial charge in [-0.25, -0.2) is 4.79 Å². The summed E-state index contributed by atoms with van der Waals surface area (Å²) in [6.07, 6.45) is 6.40. The van der Waals surface area contributed by atoms with Gasteiger partial charge in [-0.1, -0.05) is 57.1 Å². The molecule has 0 aliphatic carbocycles. The molecule has 0 aromatic carbocycles. The van der Waals surface area contributed by atoms with Crippen molar-refractivity contribution in [1.82, 2.24) is 0 Å². The van der Waals surface area contributed by atoms with Crippen LogP contribution in [-0.2, 0) is 19.1 Å². The number of ketones is 1. The molecule has 0 bridgehead atoms. The molecule has 7 heteroatoms. The number of rotatable bonds is 0. The molecule has 222 valence electrons. The second-order valence-corrected chi connectivity index (χ2v) is 12.3. The summed E-state index contributed by atoms with van der Waals surface area (Å²) in [6.45, 7) is 15.6. The van der Waals surface area contributed by atoms with Crippen molar-refractivity contribution >= 4 is 11.8 Å². The Balaban J connectivity index is 2.07. The minimum absolute atomic E-state index is 0.0311. The normalized spacial score (nSPS) is 40.4. The van der Waals surface area contributed by atoms with Gasteiger partial charge >= 0.3 is 5.97 Å². The van der Waals surface area contributed by atoms with Crippen molar-refractivity contribution in [1.29, 1.82) is 0 Å². The van der Waals surface area contributed by atoms with E-state index in [9.17, 15) is 24.9 Å². The molecule has 3 N–H and O–H groups in total. The maximum atomic E-state index is 12.6. The average Bonchev–Trinajstić information content (AvgIpc) is 3.58. The number of ether oxygens (including phenoxy) is 2. The van der Waals surface area contributed by atoms with Crippen LogP contribution in [0, 0.1) is 17.8 Å². The highest BCUT2D eigenvalue weighted by Crippen LogP contribution is 2.34. The number of esters is 1. The summed E-state index contributed by atoms with van der Waals surface area (Å²) in [7, 11) is 0. The highest BCUT2D eigenvalue weighted by atomic mass is 16.6. The van der Waals surface area contributed by atoms with Crippen molar-refractivity contribution in [2.75, 3.05) is 0 Å². The lowest BCUT2D eigenvalue weighted by Gasteiger charge is -2.26. The van der Waals surface area contributed by atoms with Crippen LogP contribution >= 0.6 is 0 Å². The summed E-state index contributed by atoms with van der Waals surface area (Å²) in [5, 5.41) is 31.6. The van der Waals surface area contributed by atoms with E-state index in [0.717, 1.165) is 49.7 Å². The van der Waals surface area contributed by atoms with Gasteiger partial charge in [0.25, 0.3) is 0 Å². The Labute approximate surface area is 235 Å². The van der Waals surface area contributed by atoms with Gasteiger partial charge in [0.1, 0.15) is 6.10 Å². The van der Waals surface area contributed by atoms with Gasteiger partial charge < -0.3 is 24.8 Å². The first-order valence-corrected chi connectivity index (χ1v) is 14.7. The quantitative estimate of drug-likeness (QED) is 0.281. The highest BCUT2D eigenvalue weighted by molar-refractivity contribution is 5.87. The Morgan fingerprint density at radius 3 is 2.31 bits per heavy atom. The number of cyclic esters (lactones) is 1. The zero-order chi connectivity index (χ0) is 29.3. The molecule has 0 amide bonds. The Hall–Kier alpha value is -1.80. The van der Waals surface area contributed by atoms with Crippen LogP contribution in [0.15, 0.2) is 35.5 Å². The van der Waals surface area contributed by atoms with E-state index in [1.165, 1.54) is 0 Å². The summed E-state index contributed by atoms with van der Waals surface area (Å²) in [6, 6.07) is 0. The number of allylic oxidation sites excluding steroid dienone is 4. The van der Waals surface area contributed by atoms with Crippen molar-refractivity contribution in [3.8, 4) is 0 Å². The molecule has 0 aromatic heterocycles. The minimum atomic E-state index is -1.61. The van der Waals surface area contributed by atoms with Gasteiger partial charge in [-0.3, -0.25) is 4.79 Å². The highest BCUT2D eigenvalue weighted by Gasteiger charge is 2.38. The number of carbonyl (C=O) groups excluding carboxylic acids is 2. The van der Waals surface area contributed by atoms with E-state index in [4.69, 9.17) is 9.47 Å². The molecule has 7 nitrogen and oxygen atoms in total. The van der Waals surface area contributed by atoms with E-state index in [-0.39, 0.29) is 12.3 Å². The fourth-order valence-corrected chi connectivity index (χ4v) is 5.50. The maximum Gasteiger partial charge on any atom is 0.333 e. The fraction of sp³-hybridized carbons (Fsp3) is 0.750. The number of hydrogen-bond acceptors (Lipinski definition) is 7. The number of aliphatic hydroxyl groups is 3. The molecular weight excluding hydrogens is 496 g/mol. The van der Waals surface area contributed by atoms with Crippen LogP contribution in [0.1, 0.15) is 99.3 Å². The molecule has 0 spiro atoms. The van der Waals surface area contributed by atoms with Gasteiger partial charge in [0.2, 0.25) is 0 Å². The molecule has 2 aliphatic rings. The second-order valence-electron chi connectivity index (χ2n) is 12.3. The smallest absolute Gasteiger partial charge is 0.333 e. The predicted molar refractivity (Wildman–Crippen MR) is 153 cm³/mol. The van der Waals surface area contributed by atoms with Crippen LogP contribution < -0.4 is 0 Å². The van der Waals surface area contributed by atoms with Gasteiger partial charge in [-0.2, -0.15) is 0 Å². The number of carbonyl (C=O) groups is 2. The van der Waals surface area contributed by atoms with Crippen LogP contribution in [-0.4, -0.2) is 63.7 Å². The lowest BCUT2D eigenvalue weighted by atomic mass is 9.88. The van der Waals surface area contributed by atoms with Gasteiger partial charge in [0.15, 0.2) is 5.78 Å². The van der Waals surface area contributed by atoms with Crippen molar-refractivity contribution in [2.45, 2.75) is 136 Å². The molecular formula is C32H52O7. The zero-order valence-electron chi connectivity index (χ0n) is 24.9. The fourth-order valence-electron chi connectivity index (χ4n) is 5.50. The number of hydrogen-bond donors (Lipinski definition) is 3. The van der Waals surface area contributed by atoms with E-state index in [1.54, 1.807) is 20.8 Å². The third kappa shape index (κ3) is 11.7. The van der Waals surface area contributed by atoms with E-state index < -0.39 is 42.1 Å². The van der Waals surface area contributed by atoms with Crippen molar-refractivity contribution < 1.29 is 34.4 Å². The summed E-state index contributed by atoms with van der Waals surface area (Å²) in [4.78, 5) is 25.1. The first-order valence-electron chi connectivity index (χ1n) is 14.7. The molecule has 0 unspecified atom stereocenters. The number of aliphatic hydroxyl groups excluding tert-OH is 3. The molecule has 0 saturated carbocycles. The number of epoxide rings is 1. The molecule has 1 saturated heterocycles. The first-order chi connectivity index (χ1) is 18.3. The Bertz CT molecular complexity index is 891. The van der Waals surface area contributed by atoms with Crippen LogP contribution in [0.2, 0.25) is 0 Å². The van der Waals surface area contributed by atoms with Gasteiger partial charge in [0, 0.05) is 12.0 Å². The summed E-state index contributed by atoms with van der Waals surface area (Å²) < 4.78 is 11.4. The minimum Gasteiger partial charge on any atom is -0.459 e. The van der Waals surface area contributed by atoms with Crippen LogP contribution in [0.4, 0.5) is 0 Å². The lowest BCUT2D eigenvalue weighted by molar-refractivity contribution is -0.146. The monoisotopic (exact) mass is 548 g/mol. The summed E-state index contributed by atoms with van der Waals surface area (Å²) in [5.74, 6) is -1.01. The van der Waals surface area contributed by atoms with Crippen LogP contribution in [0.3, 0.4) is 0 Å². The second kappa shape index (κ2) is 15.8. The largest absolute Gasteiger partial charge is 0.459 e. The Kier molecular flexibility index (Phi) is 13.6. The zero-order valence-corrected chi connectivity index (χ0v) is 24.9. The molecule has 2 aliphatic heterocycles. The van der Waals surface area contributed by atoms with Crippen LogP contribution in [0.5, 0.6) is 0 Å². The number of fused-ring (bicyclic) bond motifs is 1. The molecule has 39 heavy (non-hydrogen) atoms. The molecule has 0 radical (unpaired) electrons. The van der Waals surface area contributed by atoms with E-state index in [0.29, 0.717) is 36.5 Å². The van der Waals surface area contributed by atoms with Crippen molar-refractivity contribution in [2.24, 2.45) is 17.8 Å².